The number of rotatable bonds is 6. The fourth-order valence-electron chi connectivity index (χ4n) is 11.1. The molecule has 16 aromatic rings. The lowest BCUT2D eigenvalue weighted by Crippen LogP contribution is -2.41. The van der Waals surface area contributed by atoms with Crippen LogP contribution in [0.3, 0.4) is 0 Å². The van der Waals surface area contributed by atoms with Crippen molar-refractivity contribution < 1.29 is 27.0 Å². The van der Waals surface area contributed by atoms with Crippen LogP contribution in [0.5, 0.6) is 0 Å². The van der Waals surface area contributed by atoms with E-state index in [2.05, 4.69) is 79.0 Å². The van der Waals surface area contributed by atoms with Crippen LogP contribution in [-0.4, -0.2) is 48.2 Å². The van der Waals surface area contributed by atoms with Gasteiger partial charge in [0.2, 0.25) is 5.28 Å². The maximum atomic E-state index is 6.47. The minimum absolute atomic E-state index is 0.202. The number of hydrogen-bond donors (Lipinski definition) is 0. The Morgan fingerprint density at radius 1 is 0.302 bits per heavy atom. The minimum atomic E-state index is -0.465. The molecule has 14 heteroatoms. The van der Waals surface area contributed by atoms with Gasteiger partial charge in [-0.2, -0.15) is 9.97 Å². The van der Waals surface area contributed by atoms with Gasteiger partial charge in [-0.3, -0.25) is 0 Å². The molecule has 12 nitrogen and oxygen atoms in total. The Morgan fingerprint density at radius 2 is 0.651 bits per heavy atom. The first-order valence-electron chi connectivity index (χ1n) is 28.3. The maximum absolute atomic E-state index is 6.47. The quantitative estimate of drug-likeness (QED) is 0.146. The fraction of sp³-hybridized carbons (Fsp3) is 0.0833. The van der Waals surface area contributed by atoms with Gasteiger partial charge in [0.15, 0.2) is 29.1 Å². The first kappa shape index (κ1) is 52.5. The maximum Gasteiger partial charge on any atom is 0.498 e. The van der Waals surface area contributed by atoms with E-state index in [1.807, 2.05) is 194 Å². The molecular weight excluding hydrogens is 1090 g/mol. The zero-order valence-electron chi connectivity index (χ0n) is 47.0. The number of fused-ring (bicyclic) bond motifs is 12. The topological polar surface area (TPSA) is 148 Å². The molecule has 0 radical (unpaired) electrons. The smallest absolute Gasteiger partial charge is 0.456 e. The summed E-state index contributed by atoms with van der Waals surface area (Å²) in [6.07, 6.45) is 0. The van der Waals surface area contributed by atoms with E-state index in [4.69, 9.17) is 53.5 Å². The van der Waals surface area contributed by atoms with E-state index in [9.17, 15) is 0 Å². The number of benzene rings is 10. The van der Waals surface area contributed by atoms with E-state index < -0.39 is 18.3 Å². The molecule has 0 saturated carbocycles. The van der Waals surface area contributed by atoms with Crippen LogP contribution in [-0.2, 0) is 9.31 Å². The highest BCUT2D eigenvalue weighted by molar-refractivity contribution is 6.65. The molecule has 17 rings (SSSR count). The molecule has 1 aliphatic rings. The Bertz CT molecular complexity index is 5090. The lowest BCUT2D eigenvalue weighted by Gasteiger charge is -2.32. The van der Waals surface area contributed by atoms with E-state index in [0.29, 0.717) is 29.1 Å². The average molecular weight is 1140 g/mol. The van der Waals surface area contributed by atoms with Crippen molar-refractivity contribution in [2.75, 3.05) is 0 Å². The van der Waals surface area contributed by atoms with Crippen molar-refractivity contribution in [3.63, 3.8) is 0 Å². The molecule has 86 heavy (non-hydrogen) atoms. The third-order valence-corrected chi connectivity index (χ3v) is 16.3. The van der Waals surface area contributed by atoms with Crippen LogP contribution in [0.4, 0.5) is 0 Å². The molecule has 1 aliphatic heterocycles. The summed E-state index contributed by atoms with van der Waals surface area (Å²) < 4.78 is 37.5. The van der Waals surface area contributed by atoms with Gasteiger partial charge in [-0.05, 0) is 69.6 Å². The van der Waals surface area contributed by atoms with Gasteiger partial charge in [0.05, 0.1) is 16.8 Å². The molecule has 1 saturated heterocycles. The van der Waals surface area contributed by atoms with Crippen LogP contribution in [0.2, 0.25) is 5.28 Å². The zero-order chi connectivity index (χ0) is 58.1. The predicted octanol–water partition coefficient (Wildman–Crippen LogP) is 18.3. The minimum Gasteiger partial charge on any atom is -0.456 e. The molecule has 6 aromatic heterocycles. The summed E-state index contributed by atoms with van der Waals surface area (Å²) in [7, 11) is -0.465. The molecule has 7 heterocycles. The zero-order valence-corrected chi connectivity index (χ0v) is 47.8. The van der Waals surface area contributed by atoms with Crippen LogP contribution in [0.15, 0.2) is 248 Å². The number of aromatic nitrogens is 6. The van der Waals surface area contributed by atoms with Crippen molar-refractivity contribution in [2.24, 2.45) is 0 Å². The summed E-state index contributed by atoms with van der Waals surface area (Å²) in [5.41, 5.74) is 11.1. The monoisotopic (exact) mass is 1140 g/mol. The molecule has 0 N–H and O–H groups in total. The van der Waals surface area contributed by atoms with Crippen molar-refractivity contribution in [2.45, 2.75) is 38.9 Å². The summed E-state index contributed by atoms with van der Waals surface area (Å²) in [5, 5.41) is 8.72. The number of furan rings is 4. The third kappa shape index (κ3) is 9.48. The lowest BCUT2D eigenvalue weighted by atomic mass is 9.78. The molecule has 1 fully saturated rings. The molecule has 0 unspecified atom stereocenters. The van der Waals surface area contributed by atoms with Gasteiger partial charge in [-0.15, -0.1) is 0 Å². The summed E-state index contributed by atoms with van der Waals surface area (Å²) >= 11 is 5.99. The summed E-state index contributed by atoms with van der Waals surface area (Å²) in [6, 6.07) is 76.1. The van der Waals surface area contributed by atoms with Crippen LogP contribution >= 0.6 is 11.6 Å². The van der Waals surface area contributed by atoms with Crippen molar-refractivity contribution in [3.8, 4) is 56.9 Å². The predicted molar refractivity (Wildman–Crippen MR) is 343 cm³/mol. The van der Waals surface area contributed by atoms with Gasteiger partial charge in [0.1, 0.15) is 44.7 Å². The van der Waals surface area contributed by atoms with Crippen molar-refractivity contribution in [3.05, 3.63) is 236 Å². The lowest BCUT2D eigenvalue weighted by molar-refractivity contribution is 0.00578. The van der Waals surface area contributed by atoms with E-state index >= 15 is 0 Å². The highest BCUT2D eigenvalue weighted by atomic mass is 35.5. The number of hydrogen-bond acceptors (Lipinski definition) is 12. The van der Waals surface area contributed by atoms with Gasteiger partial charge in [-0.1, -0.05) is 188 Å². The second kappa shape index (κ2) is 21.1. The molecular formula is C72H50BClN6O6. The van der Waals surface area contributed by atoms with Crippen molar-refractivity contribution in [1.29, 1.82) is 0 Å². The molecule has 0 amide bonds. The van der Waals surface area contributed by atoms with Gasteiger partial charge in [0.25, 0.3) is 0 Å². The van der Waals surface area contributed by atoms with Gasteiger partial charge >= 0.3 is 7.12 Å². The fourth-order valence-corrected chi connectivity index (χ4v) is 11.3. The van der Waals surface area contributed by atoms with Crippen LogP contribution in [0.1, 0.15) is 27.7 Å². The standard InChI is InChI=1S/C33H19N3O2.C24H21BO4.C15H10ClN3/c1-3-10-20(11-4-1)31-34-32(21-12-5-2-6-13-21)36-33(35-31)24-16-9-15-23-26-18-25-22-14-7-8-17-27(22)37-28(25)19-29(26)38-30(23)24;1-23(2)24(3,4)29-25(28-23)18-10-7-9-15-17-12-16-14-8-5-6-11-19(14)26-20(16)13-21(17)27-22(15)18;16-15-18-13(11-7-3-1-4-8-11)17-14(19-15)12-9-5-2-6-10-12/h1-19H;5-13H,1-4H3;1-10H. The van der Waals surface area contributed by atoms with Gasteiger partial charge < -0.3 is 27.0 Å². The molecule has 414 valence electrons. The molecule has 0 bridgehead atoms. The van der Waals surface area contributed by atoms with E-state index in [1.165, 1.54) is 0 Å². The number of para-hydroxylation sites is 4. The van der Waals surface area contributed by atoms with Gasteiger partial charge in [0, 0.05) is 82.9 Å². The van der Waals surface area contributed by atoms with Crippen molar-refractivity contribution >= 4 is 112 Å². The normalized spacial score (nSPS) is 13.7. The first-order chi connectivity index (χ1) is 42.0. The SMILES string of the molecule is CC1(C)OB(c2cccc3c2oc2cc4oc5ccccc5c4cc23)OC1(C)C.Clc1nc(-c2ccccc2)nc(-c2ccccc2)n1.c1ccc(-c2nc(-c3ccccc3)nc(-c3cccc4c3oc3cc5oc6ccccc6c5cc34)n2)cc1. The second-order valence-corrected chi connectivity index (χ2v) is 22.4. The Morgan fingerprint density at radius 3 is 1.12 bits per heavy atom. The Balaban J connectivity index is 0.000000115. The second-order valence-electron chi connectivity index (χ2n) is 22.1. The molecule has 0 aliphatic carbocycles. The largest absolute Gasteiger partial charge is 0.498 e. The summed E-state index contributed by atoms with van der Waals surface area (Å²) in [4.78, 5) is 27.4. The van der Waals surface area contributed by atoms with E-state index in [1.54, 1.807) is 0 Å². The molecule has 10 aromatic carbocycles. The summed E-state index contributed by atoms with van der Waals surface area (Å²) in [6.45, 7) is 8.24. The van der Waals surface area contributed by atoms with Crippen LogP contribution < -0.4 is 5.46 Å². The highest BCUT2D eigenvalue weighted by Crippen LogP contribution is 2.42. The Labute approximate surface area is 497 Å². The number of halogens is 1. The number of nitrogens with zero attached hydrogens (tertiary/aromatic N) is 6. The Hall–Kier alpha value is -10.3. The Kier molecular flexibility index (Phi) is 12.9. The van der Waals surface area contributed by atoms with Crippen LogP contribution in [0.25, 0.3) is 145 Å². The van der Waals surface area contributed by atoms with E-state index in [0.717, 1.165) is 121 Å². The first-order valence-corrected chi connectivity index (χ1v) is 28.6. The molecule has 0 atom stereocenters. The summed E-state index contributed by atoms with van der Waals surface area (Å²) in [5.74, 6) is 2.97. The third-order valence-electron chi connectivity index (χ3n) is 16.1. The average Bonchev–Trinajstić information content (AvgIpc) is 1.83. The molecule has 0 spiro atoms. The van der Waals surface area contributed by atoms with Crippen LogP contribution in [0, 0.1) is 0 Å². The highest BCUT2D eigenvalue weighted by Gasteiger charge is 2.52. The van der Waals surface area contributed by atoms with Gasteiger partial charge in [-0.25, -0.2) is 19.9 Å². The van der Waals surface area contributed by atoms with E-state index in [-0.39, 0.29) is 5.28 Å². The van der Waals surface area contributed by atoms with Crippen molar-refractivity contribution in [1.82, 2.24) is 29.9 Å².